The Hall–Kier alpha value is -1.59. The van der Waals surface area contributed by atoms with Crippen LogP contribution in [0.3, 0.4) is 0 Å². The van der Waals surface area contributed by atoms with Gasteiger partial charge in [-0.2, -0.15) is 0 Å². The minimum atomic E-state index is -0.119. The van der Waals surface area contributed by atoms with E-state index in [0.717, 1.165) is 25.3 Å². The highest BCUT2D eigenvalue weighted by Gasteiger charge is 2.31. The van der Waals surface area contributed by atoms with E-state index in [4.69, 9.17) is 0 Å². The molecule has 2 amide bonds. The number of hydrogen-bond acceptors (Lipinski definition) is 3. The van der Waals surface area contributed by atoms with Crippen LogP contribution in [0.15, 0.2) is 24.3 Å². The molecule has 0 saturated carbocycles. The number of hydrogen-bond donors (Lipinski definition) is 2. The van der Waals surface area contributed by atoms with E-state index in [-0.39, 0.29) is 6.03 Å². The number of aryl methyl sites for hydroxylation is 1. The predicted octanol–water partition coefficient (Wildman–Crippen LogP) is 1.12. The number of amides is 2. The molecule has 3 aliphatic rings. The molecule has 0 spiro atoms. The molecule has 4 rings (SSSR count). The number of carbonyl (C=O) groups is 1. The third kappa shape index (κ3) is 3.11. The third-order valence-electron chi connectivity index (χ3n) is 4.20. The molecule has 0 aromatic heterocycles. The van der Waals surface area contributed by atoms with Gasteiger partial charge < -0.3 is 10.6 Å². The molecule has 20 heavy (non-hydrogen) atoms. The predicted molar refractivity (Wildman–Crippen MR) is 80.0 cm³/mol. The van der Waals surface area contributed by atoms with Crippen molar-refractivity contribution in [2.24, 2.45) is 0 Å². The van der Waals surface area contributed by atoms with Gasteiger partial charge in [-0.25, -0.2) is 4.79 Å². The fourth-order valence-corrected chi connectivity index (χ4v) is 2.94. The summed E-state index contributed by atoms with van der Waals surface area (Å²) >= 11 is 0. The van der Waals surface area contributed by atoms with Crippen LogP contribution in [0.1, 0.15) is 5.56 Å². The van der Waals surface area contributed by atoms with E-state index >= 15 is 0 Å². The fourth-order valence-electron chi connectivity index (χ4n) is 2.94. The number of benzene rings is 1. The Labute approximate surface area is 119 Å². The minimum Gasteiger partial charge on any atom is -0.336 e. The van der Waals surface area contributed by atoms with Crippen LogP contribution >= 0.6 is 0 Å². The quantitative estimate of drug-likeness (QED) is 0.868. The summed E-state index contributed by atoms with van der Waals surface area (Å²) in [4.78, 5) is 16.8. The number of nitrogens with one attached hydrogen (secondary N) is 2. The van der Waals surface area contributed by atoms with Crippen molar-refractivity contribution in [3.05, 3.63) is 29.8 Å². The summed E-state index contributed by atoms with van der Waals surface area (Å²) < 4.78 is 0. The Balaban J connectivity index is 1.46. The van der Waals surface area contributed by atoms with Crippen molar-refractivity contribution in [3.8, 4) is 0 Å². The first kappa shape index (κ1) is 13.4. The van der Waals surface area contributed by atoms with Gasteiger partial charge in [0.25, 0.3) is 0 Å². The number of anilines is 1. The molecule has 5 heteroatoms. The first-order valence-electron chi connectivity index (χ1n) is 7.28. The fraction of sp³-hybridized carbons (Fsp3) is 0.533. The number of nitrogens with zero attached hydrogens (tertiary/aromatic N) is 2. The van der Waals surface area contributed by atoms with E-state index < -0.39 is 0 Å². The van der Waals surface area contributed by atoms with Crippen molar-refractivity contribution in [1.29, 1.82) is 0 Å². The monoisotopic (exact) mass is 274 g/mol. The maximum Gasteiger partial charge on any atom is 0.319 e. The molecule has 1 aromatic rings. The van der Waals surface area contributed by atoms with E-state index in [2.05, 4.69) is 20.4 Å². The Bertz CT molecular complexity index is 465. The Morgan fingerprint density at radius 1 is 1.20 bits per heavy atom. The molecule has 1 aromatic carbocycles. The molecular formula is C15H22N4O. The number of carbonyl (C=O) groups excluding carboxylic acids is 1. The number of urea groups is 1. The molecule has 3 aliphatic heterocycles. The average molecular weight is 274 g/mol. The highest BCUT2D eigenvalue weighted by molar-refractivity contribution is 5.89. The molecule has 3 heterocycles. The summed E-state index contributed by atoms with van der Waals surface area (Å²) in [6.07, 6.45) is 0. The van der Waals surface area contributed by atoms with Gasteiger partial charge in [0, 0.05) is 51.0 Å². The lowest BCUT2D eigenvalue weighted by Gasteiger charge is -2.47. The van der Waals surface area contributed by atoms with Gasteiger partial charge in [0.15, 0.2) is 0 Å². The number of piperazine rings is 3. The van der Waals surface area contributed by atoms with Crippen molar-refractivity contribution >= 4 is 11.7 Å². The summed E-state index contributed by atoms with van der Waals surface area (Å²) in [6, 6.07) is 8.18. The van der Waals surface area contributed by atoms with Crippen LogP contribution in [-0.2, 0) is 0 Å². The zero-order valence-electron chi connectivity index (χ0n) is 11.9. The lowest BCUT2D eigenvalue weighted by Crippen LogP contribution is -2.63. The van der Waals surface area contributed by atoms with E-state index in [1.165, 1.54) is 18.7 Å². The summed E-state index contributed by atoms with van der Waals surface area (Å²) in [5.74, 6) is 0. The highest BCUT2D eigenvalue weighted by Crippen LogP contribution is 2.15. The molecule has 3 saturated heterocycles. The molecule has 0 aliphatic carbocycles. The first-order valence-corrected chi connectivity index (χ1v) is 7.28. The van der Waals surface area contributed by atoms with Crippen LogP contribution in [0.5, 0.6) is 0 Å². The van der Waals surface area contributed by atoms with Gasteiger partial charge >= 0.3 is 6.03 Å². The zero-order chi connectivity index (χ0) is 13.9. The van der Waals surface area contributed by atoms with Gasteiger partial charge in [-0.15, -0.1) is 0 Å². The molecule has 0 radical (unpaired) electrons. The normalized spacial score (nSPS) is 28.1. The summed E-state index contributed by atoms with van der Waals surface area (Å²) in [6.45, 7) is 8.43. The second kappa shape index (κ2) is 5.81. The van der Waals surface area contributed by atoms with Gasteiger partial charge in [-0.1, -0.05) is 17.7 Å². The largest absolute Gasteiger partial charge is 0.336 e. The van der Waals surface area contributed by atoms with Crippen molar-refractivity contribution < 1.29 is 4.79 Å². The van der Waals surface area contributed by atoms with Crippen molar-refractivity contribution in [2.75, 3.05) is 44.6 Å². The van der Waals surface area contributed by atoms with E-state index in [0.29, 0.717) is 12.6 Å². The molecule has 2 bridgehead atoms. The van der Waals surface area contributed by atoms with Crippen LogP contribution in [-0.4, -0.2) is 61.1 Å². The third-order valence-corrected chi connectivity index (χ3v) is 4.20. The zero-order valence-corrected chi connectivity index (χ0v) is 11.9. The molecule has 108 valence electrons. The Morgan fingerprint density at radius 3 is 2.50 bits per heavy atom. The molecule has 5 nitrogen and oxygen atoms in total. The summed E-state index contributed by atoms with van der Waals surface area (Å²) in [5.41, 5.74) is 2.03. The van der Waals surface area contributed by atoms with Crippen molar-refractivity contribution in [2.45, 2.75) is 13.0 Å². The van der Waals surface area contributed by atoms with E-state index in [9.17, 15) is 4.79 Å². The number of fused-ring (bicyclic) bond motifs is 3. The SMILES string of the molecule is Cc1ccc(NC(=O)NCC2CN3CCN2CC3)cc1. The van der Waals surface area contributed by atoms with E-state index in [1.807, 2.05) is 31.2 Å². The van der Waals surface area contributed by atoms with Gasteiger partial charge in [-0.05, 0) is 19.1 Å². The lowest BCUT2D eigenvalue weighted by molar-refractivity contribution is 0.0149. The second-order valence-electron chi connectivity index (χ2n) is 5.69. The molecule has 1 atom stereocenters. The van der Waals surface area contributed by atoms with Crippen molar-refractivity contribution in [3.63, 3.8) is 0 Å². The minimum absolute atomic E-state index is 0.119. The summed E-state index contributed by atoms with van der Waals surface area (Å²) in [7, 11) is 0. The lowest BCUT2D eigenvalue weighted by atomic mass is 10.1. The maximum atomic E-state index is 11.9. The Morgan fingerprint density at radius 2 is 1.90 bits per heavy atom. The molecule has 1 unspecified atom stereocenters. The van der Waals surface area contributed by atoms with E-state index in [1.54, 1.807) is 0 Å². The van der Waals surface area contributed by atoms with Crippen LogP contribution < -0.4 is 10.6 Å². The number of rotatable bonds is 3. The smallest absolute Gasteiger partial charge is 0.319 e. The summed E-state index contributed by atoms with van der Waals surface area (Å²) in [5, 5.41) is 5.85. The Kier molecular flexibility index (Phi) is 3.89. The molecule has 3 fully saturated rings. The van der Waals surface area contributed by atoms with Gasteiger partial charge in [0.1, 0.15) is 0 Å². The highest BCUT2D eigenvalue weighted by atomic mass is 16.2. The van der Waals surface area contributed by atoms with Crippen LogP contribution in [0.4, 0.5) is 10.5 Å². The average Bonchev–Trinajstić information content (AvgIpc) is 2.49. The molecular weight excluding hydrogens is 252 g/mol. The second-order valence-corrected chi connectivity index (χ2v) is 5.69. The first-order chi connectivity index (χ1) is 9.70. The standard InChI is InChI=1S/C15H22N4O/c1-12-2-4-13(5-3-12)17-15(20)16-10-14-11-18-6-8-19(14)9-7-18/h2-5,14H,6-11H2,1H3,(H2,16,17,20). The van der Waals surface area contributed by atoms with Crippen LogP contribution in [0.2, 0.25) is 0 Å². The van der Waals surface area contributed by atoms with Crippen LogP contribution in [0, 0.1) is 6.92 Å². The van der Waals surface area contributed by atoms with Gasteiger partial charge in [0.2, 0.25) is 0 Å². The molecule has 2 N–H and O–H groups in total. The maximum absolute atomic E-state index is 11.9. The van der Waals surface area contributed by atoms with Crippen LogP contribution in [0.25, 0.3) is 0 Å². The topological polar surface area (TPSA) is 47.6 Å². The van der Waals surface area contributed by atoms with Gasteiger partial charge in [-0.3, -0.25) is 9.80 Å². The van der Waals surface area contributed by atoms with Crippen molar-refractivity contribution in [1.82, 2.24) is 15.1 Å². The van der Waals surface area contributed by atoms with Gasteiger partial charge in [0.05, 0.1) is 0 Å².